The van der Waals surface area contributed by atoms with Crippen molar-refractivity contribution in [1.82, 2.24) is 4.90 Å². The molecular weight excluding hydrogens is 308 g/mol. The van der Waals surface area contributed by atoms with E-state index in [0.717, 1.165) is 13.1 Å². The largest absolute Gasteiger partial charge is 0.328 e. The third kappa shape index (κ3) is 3.44. The number of likely N-dealkylation sites (tertiary alicyclic amines) is 1. The zero-order chi connectivity index (χ0) is 10.8. The van der Waals surface area contributed by atoms with E-state index >= 15 is 0 Å². The van der Waals surface area contributed by atoms with Gasteiger partial charge >= 0.3 is 0 Å². The van der Waals surface area contributed by atoms with Gasteiger partial charge in [0, 0.05) is 28.5 Å². The first kappa shape index (κ1) is 14.5. The van der Waals surface area contributed by atoms with Crippen molar-refractivity contribution in [1.29, 1.82) is 0 Å². The molecule has 1 aromatic rings. The zero-order valence-electron chi connectivity index (χ0n) is 9.36. The van der Waals surface area contributed by atoms with Crippen molar-refractivity contribution in [3.63, 3.8) is 0 Å². The van der Waals surface area contributed by atoms with Crippen molar-refractivity contribution in [3.8, 4) is 0 Å². The molecule has 16 heavy (non-hydrogen) atoms. The minimum atomic E-state index is 0. The average Bonchev–Trinajstić information content (AvgIpc) is 2.77. The fourth-order valence-corrected chi connectivity index (χ4v) is 3.60. The maximum atomic E-state index is 5.93. The molecule has 2 rings (SSSR count). The van der Waals surface area contributed by atoms with Crippen LogP contribution in [0, 0.1) is 5.92 Å². The van der Waals surface area contributed by atoms with Gasteiger partial charge in [-0.15, -0.1) is 23.7 Å². The topological polar surface area (TPSA) is 29.3 Å². The van der Waals surface area contributed by atoms with E-state index < -0.39 is 0 Å². The van der Waals surface area contributed by atoms with E-state index in [-0.39, 0.29) is 12.4 Å². The lowest BCUT2D eigenvalue weighted by molar-refractivity contribution is 0.310. The highest BCUT2D eigenvalue weighted by molar-refractivity contribution is 9.10. The zero-order valence-corrected chi connectivity index (χ0v) is 12.6. The Bertz CT molecular complexity index is 330. The third-order valence-corrected chi connectivity index (χ3v) is 5.02. The summed E-state index contributed by atoms with van der Waals surface area (Å²) >= 11 is 5.40. The van der Waals surface area contributed by atoms with Gasteiger partial charge in [0.2, 0.25) is 0 Å². The molecule has 1 aliphatic rings. The van der Waals surface area contributed by atoms with E-state index in [0.29, 0.717) is 12.0 Å². The number of nitrogens with zero attached hydrogens (tertiary/aromatic N) is 1. The number of rotatable bonds is 3. The lowest BCUT2D eigenvalue weighted by Gasteiger charge is -2.17. The molecule has 0 bridgehead atoms. The summed E-state index contributed by atoms with van der Waals surface area (Å²) in [6, 6.07) is 2.46. The molecule has 0 aliphatic carbocycles. The van der Waals surface area contributed by atoms with Gasteiger partial charge in [-0.2, -0.15) is 0 Å². The Hall–Kier alpha value is 0.390. The smallest absolute Gasteiger partial charge is 0.0339 e. The molecule has 0 aromatic carbocycles. The van der Waals surface area contributed by atoms with Gasteiger partial charge in [0.05, 0.1) is 0 Å². The number of hydrogen-bond donors (Lipinski definition) is 1. The Kier molecular flexibility index (Phi) is 5.74. The van der Waals surface area contributed by atoms with Crippen LogP contribution in [0.3, 0.4) is 0 Å². The lowest BCUT2D eigenvalue weighted by atomic mass is 10.0. The molecule has 1 aromatic heterocycles. The van der Waals surface area contributed by atoms with Crippen LogP contribution >= 0.6 is 39.7 Å². The van der Waals surface area contributed by atoms with Gasteiger partial charge in [-0.05, 0) is 53.2 Å². The Morgan fingerprint density at radius 3 is 2.94 bits per heavy atom. The molecule has 0 spiro atoms. The van der Waals surface area contributed by atoms with E-state index in [4.69, 9.17) is 5.73 Å². The van der Waals surface area contributed by atoms with Crippen LogP contribution in [-0.2, 0) is 6.54 Å². The van der Waals surface area contributed by atoms with Crippen molar-refractivity contribution in [2.24, 2.45) is 11.7 Å². The maximum absolute atomic E-state index is 5.93. The molecule has 1 saturated heterocycles. The fourth-order valence-electron chi connectivity index (χ4n) is 2.08. The molecule has 2 heterocycles. The molecule has 5 heteroatoms. The third-order valence-electron chi connectivity index (χ3n) is 3.11. The first-order valence-corrected chi connectivity index (χ1v) is 7.04. The molecule has 2 atom stereocenters. The highest BCUT2D eigenvalue weighted by atomic mass is 79.9. The van der Waals surface area contributed by atoms with Gasteiger partial charge in [-0.3, -0.25) is 4.90 Å². The molecule has 2 nitrogen and oxygen atoms in total. The van der Waals surface area contributed by atoms with E-state index in [1.165, 1.54) is 22.3 Å². The predicted octanol–water partition coefficient (Wildman–Crippen LogP) is 3.10. The second-order valence-corrected chi connectivity index (χ2v) is 6.19. The van der Waals surface area contributed by atoms with Crippen LogP contribution in [0.5, 0.6) is 0 Å². The van der Waals surface area contributed by atoms with E-state index in [1.807, 2.05) is 11.3 Å². The summed E-state index contributed by atoms with van der Waals surface area (Å²) < 4.78 is 1.25. The van der Waals surface area contributed by atoms with Crippen molar-refractivity contribution < 1.29 is 0 Å². The van der Waals surface area contributed by atoms with Crippen LogP contribution in [0.4, 0.5) is 0 Å². The van der Waals surface area contributed by atoms with Crippen LogP contribution in [-0.4, -0.2) is 24.0 Å². The summed E-state index contributed by atoms with van der Waals surface area (Å²) in [5.74, 6) is 0.684. The predicted molar refractivity (Wildman–Crippen MR) is 76.3 cm³/mol. The Balaban J connectivity index is 0.00000128. The van der Waals surface area contributed by atoms with Crippen LogP contribution in [0.25, 0.3) is 0 Å². The van der Waals surface area contributed by atoms with Crippen molar-refractivity contribution in [2.45, 2.75) is 25.9 Å². The minimum Gasteiger partial charge on any atom is -0.328 e. The van der Waals surface area contributed by atoms with Gasteiger partial charge in [0.15, 0.2) is 0 Å². The van der Waals surface area contributed by atoms with E-state index in [2.05, 4.69) is 39.2 Å². The Morgan fingerprint density at radius 1 is 1.69 bits per heavy atom. The van der Waals surface area contributed by atoms with Crippen molar-refractivity contribution in [3.05, 3.63) is 20.8 Å². The Morgan fingerprint density at radius 2 is 2.44 bits per heavy atom. The van der Waals surface area contributed by atoms with E-state index in [9.17, 15) is 0 Å². The molecule has 1 fully saturated rings. The quantitative estimate of drug-likeness (QED) is 0.925. The molecule has 0 amide bonds. The Labute approximate surface area is 116 Å². The molecular formula is C11H18BrClN2S. The molecule has 0 saturated carbocycles. The van der Waals surface area contributed by atoms with Crippen LogP contribution in [0.1, 0.15) is 18.2 Å². The summed E-state index contributed by atoms with van der Waals surface area (Å²) in [5.41, 5.74) is 5.93. The van der Waals surface area contributed by atoms with Crippen LogP contribution in [0.2, 0.25) is 0 Å². The van der Waals surface area contributed by atoms with Gasteiger partial charge in [0.1, 0.15) is 0 Å². The number of nitrogens with two attached hydrogens (primary N) is 1. The van der Waals surface area contributed by atoms with Crippen molar-refractivity contribution >= 4 is 39.7 Å². The number of thiophene rings is 1. The summed E-state index contributed by atoms with van der Waals surface area (Å²) in [4.78, 5) is 3.94. The number of hydrogen-bond acceptors (Lipinski definition) is 3. The monoisotopic (exact) mass is 324 g/mol. The van der Waals surface area contributed by atoms with Crippen LogP contribution < -0.4 is 5.73 Å². The van der Waals surface area contributed by atoms with E-state index in [1.54, 1.807) is 0 Å². The number of halogens is 2. The summed E-state index contributed by atoms with van der Waals surface area (Å²) in [5, 5.41) is 2.14. The summed E-state index contributed by atoms with van der Waals surface area (Å²) in [7, 11) is 0. The fraction of sp³-hybridized carbons (Fsp3) is 0.636. The standard InChI is InChI=1S/C11H17BrN2S.ClH/c1-8(13)9-2-4-14(6-9)7-11-10(12)3-5-15-11;/h3,5,8-9H,2,4,6-7,13H2,1H3;1H. The summed E-state index contributed by atoms with van der Waals surface area (Å²) in [6.07, 6.45) is 1.25. The highest BCUT2D eigenvalue weighted by Crippen LogP contribution is 2.27. The highest BCUT2D eigenvalue weighted by Gasteiger charge is 2.25. The maximum Gasteiger partial charge on any atom is 0.0339 e. The van der Waals surface area contributed by atoms with Crippen LogP contribution in [0.15, 0.2) is 15.9 Å². The SMILES string of the molecule is CC(N)C1CCN(Cc2sccc2Br)C1.Cl. The van der Waals surface area contributed by atoms with Gasteiger partial charge < -0.3 is 5.73 Å². The van der Waals surface area contributed by atoms with Gasteiger partial charge in [-0.25, -0.2) is 0 Å². The molecule has 2 N–H and O–H groups in total. The van der Waals surface area contributed by atoms with Gasteiger partial charge in [0.25, 0.3) is 0 Å². The molecule has 1 aliphatic heterocycles. The van der Waals surface area contributed by atoms with Crippen molar-refractivity contribution in [2.75, 3.05) is 13.1 Å². The second kappa shape index (κ2) is 6.36. The van der Waals surface area contributed by atoms with Gasteiger partial charge in [-0.1, -0.05) is 0 Å². The normalized spacial score (nSPS) is 23.1. The molecule has 2 unspecified atom stereocenters. The minimum absolute atomic E-state index is 0. The second-order valence-electron chi connectivity index (χ2n) is 4.33. The lowest BCUT2D eigenvalue weighted by Crippen LogP contribution is -2.29. The average molecular weight is 326 g/mol. The first-order chi connectivity index (χ1) is 7.16. The first-order valence-electron chi connectivity index (χ1n) is 5.36. The summed E-state index contributed by atoms with van der Waals surface area (Å²) in [6.45, 7) is 5.54. The molecule has 92 valence electrons. The molecule has 0 radical (unpaired) electrons.